The molecule has 0 saturated carbocycles. The molecule has 0 rings (SSSR count). The Bertz CT molecular complexity index is 353. The van der Waals surface area contributed by atoms with Crippen molar-refractivity contribution in [2.75, 3.05) is 26.7 Å². The average Bonchev–Trinajstić information content (AvgIpc) is 2.31. The van der Waals surface area contributed by atoms with Crippen molar-refractivity contribution in [3.8, 4) is 0 Å². The van der Waals surface area contributed by atoms with Gasteiger partial charge in [-0.2, -0.15) is 0 Å². The molecule has 0 amide bonds. The van der Waals surface area contributed by atoms with Crippen LogP contribution in [0, 0.1) is 11.8 Å². The largest absolute Gasteiger partial charge is 0.436 e. The first-order chi connectivity index (χ1) is 10.8. The van der Waals surface area contributed by atoms with Gasteiger partial charge < -0.3 is 18.9 Å². The van der Waals surface area contributed by atoms with Crippen LogP contribution in [-0.4, -0.2) is 51.9 Å². The summed E-state index contributed by atoms with van der Waals surface area (Å²) in [5, 5.41) is 6.73. The monoisotopic (exact) mass is 392 g/mol. The number of hydrogen-bond acceptors (Lipinski definition) is 4. The van der Waals surface area contributed by atoms with Gasteiger partial charge in [0.2, 0.25) is 0 Å². The third kappa shape index (κ3) is 11.9. The van der Waals surface area contributed by atoms with E-state index in [1.807, 2.05) is 7.05 Å². The van der Waals surface area contributed by atoms with Crippen LogP contribution < -0.4 is 10.6 Å². The second-order valence-electron chi connectivity index (χ2n) is 9.11. The van der Waals surface area contributed by atoms with Crippen LogP contribution in [0.3, 0.4) is 0 Å². The molecule has 0 aromatic carbocycles. The number of rotatable bonds is 13. The maximum atomic E-state index is 6.70. The highest BCUT2D eigenvalue weighted by molar-refractivity contribution is 6.87. The van der Waals surface area contributed by atoms with Gasteiger partial charge >= 0.3 is 8.56 Å². The van der Waals surface area contributed by atoms with Crippen LogP contribution in [0.5, 0.6) is 0 Å². The van der Waals surface area contributed by atoms with E-state index in [1.165, 1.54) is 12.1 Å². The van der Waals surface area contributed by atoms with Gasteiger partial charge in [-0.1, -0.05) is 20.8 Å². The molecule has 0 aromatic heterocycles. The van der Waals surface area contributed by atoms with Crippen LogP contribution in [0.4, 0.5) is 0 Å². The molecule has 0 radical (unpaired) electrons. The van der Waals surface area contributed by atoms with Crippen LogP contribution in [0.15, 0.2) is 0 Å². The first-order valence-corrected chi connectivity index (χ1v) is 18.6. The van der Waals surface area contributed by atoms with Crippen molar-refractivity contribution in [2.24, 2.45) is 11.8 Å². The zero-order valence-corrected chi connectivity index (χ0v) is 21.0. The lowest BCUT2D eigenvalue weighted by molar-refractivity contribution is 0.377. The van der Waals surface area contributed by atoms with Crippen molar-refractivity contribution in [1.29, 1.82) is 0 Å². The molecule has 0 aromatic rings. The fraction of sp³-hybridized carbons (Fsp3) is 1.00. The van der Waals surface area contributed by atoms with Crippen LogP contribution in [0.1, 0.15) is 20.8 Å². The summed E-state index contributed by atoms with van der Waals surface area (Å²) in [6.07, 6.45) is 0. The fourth-order valence-corrected chi connectivity index (χ4v) is 19.5. The van der Waals surface area contributed by atoms with Crippen LogP contribution in [0.25, 0.3) is 0 Å². The Kier molecular flexibility index (Phi) is 10.8. The lowest BCUT2D eigenvalue weighted by Gasteiger charge is -2.40. The smallest absolute Gasteiger partial charge is 0.311 e. The molecule has 0 fully saturated rings. The Morgan fingerprint density at radius 1 is 0.792 bits per heavy atom. The number of nitrogens with one attached hydrogen (secondary N) is 2. The zero-order valence-electron chi connectivity index (χ0n) is 18.0. The first-order valence-electron chi connectivity index (χ1n) is 9.58. The molecule has 0 aliphatic heterocycles. The topological polar surface area (TPSA) is 42.5 Å². The van der Waals surface area contributed by atoms with E-state index in [0.717, 1.165) is 19.6 Å². The highest BCUT2D eigenvalue weighted by Gasteiger charge is 2.40. The zero-order chi connectivity index (χ0) is 19.0. The predicted octanol–water partition coefficient (Wildman–Crippen LogP) is 4.23. The standard InChI is InChI=1S/C17H44N2O2Si3/c1-11-19-13-17(3)15-23(7,8)21-24(9,10)20-22(5,6)14-16(2)12-18-4/h16-19H,11-15H2,1-10H3. The fourth-order valence-electron chi connectivity index (χ4n) is 4.00. The Labute approximate surface area is 155 Å². The summed E-state index contributed by atoms with van der Waals surface area (Å²) in [6, 6.07) is 2.38. The van der Waals surface area contributed by atoms with Gasteiger partial charge in [0.25, 0.3) is 0 Å². The Morgan fingerprint density at radius 2 is 1.21 bits per heavy atom. The maximum absolute atomic E-state index is 6.70. The van der Waals surface area contributed by atoms with E-state index in [-0.39, 0.29) is 0 Å². The van der Waals surface area contributed by atoms with Crippen molar-refractivity contribution >= 4 is 25.2 Å². The predicted molar refractivity (Wildman–Crippen MR) is 115 cm³/mol. The van der Waals surface area contributed by atoms with Gasteiger partial charge in [0.05, 0.1) is 0 Å². The van der Waals surface area contributed by atoms with Gasteiger partial charge in [0.1, 0.15) is 0 Å². The quantitative estimate of drug-likeness (QED) is 0.460. The van der Waals surface area contributed by atoms with Crippen molar-refractivity contribution in [2.45, 2.75) is 72.1 Å². The van der Waals surface area contributed by atoms with E-state index in [9.17, 15) is 0 Å². The molecule has 0 spiro atoms. The van der Waals surface area contributed by atoms with E-state index in [4.69, 9.17) is 8.23 Å². The molecule has 0 bridgehead atoms. The highest BCUT2D eigenvalue weighted by atomic mass is 28.5. The summed E-state index contributed by atoms with van der Waals surface area (Å²) in [5.41, 5.74) is 0. The van der Waals surface area contributed by atoms with Crippen molar-refractivity contribution in [1.82, 2.24) is 10.6 Å². The summed E-state index contributed by atoms with van der Waals surface area (Å²) < 4.78 is 13.4. The molecule has 2 unspecified atom stereocenters. The van der Waals surface area contributed by atoms with E-state index in [2.05, 4.69) is 70.7 Å². The van der Waals surface area contributed by atoms with E-state index < -0.39 is 25.2 Å². The van der Waals surface area contributed by atoms with Gasteiger partial charge in [-0.15, -0.1) is 0 Å². The van der Waals surface area contributed by atoms with Gasteiger partial charge in [-0.05, 0) is 89.9 Å². The molecule has 2 N–H and O–H groups in total. The molecular weight excluding hydrogens is 348 g/mol. The average molecular weight is 393 g/mol. The van der Waals surface area contributed by atoms with Crippen molar-refractivity contribution in [3.05, 3.63) is 0 Å². The normalized spacial score (nSPS) is 16.2. The molecule has 0 heterocycles. The van der Waals surface area contributed by atoms with Crippen LogP contribution >= 0.6 is 0 Å². The molecule has 0 aliphatic rings. The van der Waals surface area contributed by atoms with Gasteiger partial charge in [0, 0.05) is 0 Å². The van der Waals surface area contributed by atoms with Crippen LogP contribution in [0.2, 0.25) is 51.4 Å². The SMILES string of the molecule is CCNCC(C)C[Si](C)(C)O[Si](C)(C)O[Si](C)(C)CC(C)CNC. The third-order valence-electron chi connectivity index (χ3n) is 4.02. The van der Waals surface area contributed by atoms with E-state index >= 15 is 0 Å². The van der Waals surface area contributed by atoms with Crippen molar-refractivity contribution in [3.63, 3.8) is 0 Å². The van der Waals surface area contributed by atoms with Crippen molar-refractivity contribution < 1.29 is 8.23 Å². The minimum atomic E-state index is -2.08. The minimum Gasteiger partial charge on any atom is -0.436 e. The molecule has 146 valence electrons. The highest BCUT2D eigenvalue weighted by Crippen LogP contribution is 2.28. The third-order valence-corrected chi connectivity index (χ3v) is 15.7. The minimum absolute atomic E-state index is 0.659. The first kappa shape index (κ1) is 24.5. The molecule has 0 saturated heterocycles. The summed E-state index contributed by atoms with van der Waals surface area (Å²) >= 11 is 0. The van der Waals surface area contributed by atoms with E-state index in [0.29, 0.717) is 11.8 Å². The second-order valence-corrected chi connectivity index (χ2v) is 21.4. The summed E-state index contributed by atoms with van der Waals surface area (Å²) in [7, 11) is -3.45. The Balaban J connectivity index is 4.63. The lowest BCUT2D eigenvalue weighted by Crippen LogP contribution is -2.53. The maximum Gasteiger partial charge on any atom is 0.311 e. The second kappa shape index (κ2) is 10.6. The molecule has 24 heavy (non-hydrogen) atoms. The van der Waals surface area contributed by atoms with E-state index in [1.54, 1.807) is 0 Å². The molecule has 0 aliphatic carbocycles. The van der Waals surface area contributed by atoms with Gasteiger partial charge in [-0.25, -0.2) is 0 Å². The van der Waals surface area contributed by atoms with Crippen LogP contribution in [-0.2, 0) is 8.23 Å². The summed E-state index contributed by atoms with van der Waals surface area (Å²) in [5.74, 6) is 1.32. The lowest BCUT2D eigenvalue weighted by atomic mass is 10.2. The molecule has 4 nitrogen and oxygen atoms in total. The molecule has 7 heteroatoms. The molecular formula is C17H44N2O2Si3. The summed E-state index contributed by atoms with van der Waals surface area (Å²) in [4.78, 5) is 0. The molecule has 2 atom stereocenters. The Morgan fingerprint density at radius 3 is 1.58 bits per heavy atom. The Hall–Kier alpha value is 0.491. The summed E-state index contributed by atoms with van der Waals surface area (Å²) in [6.45, 7) is 23.9. The van der Waals surface area contributed by atoms with Gasteiger partial charge in [0.15, 0.2) is 16.6 Å². The van der Waals surface area contributed by atoms with Gasteiger partial charge in [-0.3, -0.25) is 0 Å². The number of hydrogen-bond donors (Lipinski definition) is 2.